The van der Waals surface area contributed by atoms with Gasteiger partial charge in [-0.05, 0) is 19.3 Å². The predicted octanol–water partition coefficient (Wildman–Crippen LogP) is 2.34. The highest BCUT2D eigenvalue weighted by atomic mass is 35.5. The number of hydrogen-bond acceptors (Lipinski definition) is 0. The zero-order valence-corrected chi connectivity index (χ0v) is 5.04. The van der Waals surface area contributed by atoms with Gasteiger partial charge in [0.15, 0.2) is 0 Å². The lowest BCUT2D eigenvalue weighted by Gasteiger charge is -1.87. The molecule has 0 heterocycles. The van der Waals surface area contributed by atoms with E-state index in [2.05, 4.69) is 6.08 Å². The first kappa shape index (κ1) is 5.17. The van der Waals surface area contributed by atoms with E-state index < -0.39 is 0 Å². The molecule has 7 heavy (non-hydrogen) atoms. The van der Waals surface area contributed by atoms with Gasteiger partial charge >= 0.3 is 0 Å². The van der Waals surface area contributed by atoms with Crippen LogP contribution >= 0.6 is 11.6 Å². The monoisotopic (exact) mass is 116 g/mol. The van der Waals surface area contributed by atoms with Crippen LogP contribution in [0.4, 0.5) is 0 Å². The van der Waals surface area contributed by atoms with Gasteiger partial charge in [-0.1, -0.05) is 11.6 Å². The normalized spacial score (nSPS) is 19.9. The van der Waals surface area contributed by atoms with Crippen molar-refractivity contribution < 1.29 is 0 Å². The Kier molecular flexibility index (Phi) is 1.75. The second-order valence-corrected chi connectivity index (χ2v) is 2.16. The first-order chi connectivity index (χ1) is 3.43. The van der Waals surface area contributed by atoms with Gasteiger partial charge in [-0.15, -0.1) is 11.6 Å². The molecule has 1 aliphatic rings. The number of hydrogen-bond donors (Lipinski definition) is 0. The van der Waals surface area contributed by atoms with Crippen LogP contribution in [0.15, 0.2) is 11.6 Å². The lowest BCUT2D eigenvalue weighted by atomic mass is 10.3. The van der Waals surface area contributed by atoms with Crippen LogP contribution in [0.5, 0.6) is 0 Å². The number of halogens is 1. The largest absolute Gasteiger partial charge is 0.122 e. The Hall–Kier alpha value is 0.0300. The molecule has 0 unspecified atom stereocenters. The minimum Gasteiger partial charge on any atom is -0.122 e. The van der Waals surface area contributed by atoms with Gasteiger partial charge in [-0.25, -0.2) is 0 Å². The van der Waals surface area contributed by atoms with E-state index in [1.54, 1.807) is 0 Å². The molecule has 1 aliphatic carbocycles. The smallest absolute Gasteiger partial charge is 0.0433 e. The molecule has 0 nitrogen and oxygen atoms in total. The Labute approximate surface area is 49.2 Å². The summed E-state index contributed by atoms with van der Waals surface area (Å²) in [5.41, 5.74) is 1.43. The summed E-state index contributed by atoms with van der Waals surface area (Å²) < 4.78 is 0. The van der Waals surface area contributed by atoms with Crippen molar-refractivity contribution in [2.45, 2.75) is 19.3 Å². The highest BCUT2D eigenvalue weighted by molar-refractivity contribution is 6.19. The molecule has 0 atom stereocenters. The summed E-state index contributed by atoms with van der Waals surface area (Å²) in [6.45, 7) is 0. The lowest BCUT2D eigenvalue weighted by Crippen LogP contribution is -1.74. The van der Waals surface area contributed by atoms with E-state index >= 15 is 0 Å². The zero-order chi connectivity index (χ0) is 5.11. The van der Waals surface area contributed by atoms with Crippen LogP contribution in [0.3, 0.4) is 0 Å². The van der Waals surface area contributed by atoms with Crippen LogP contribution in [-0.2, 0) is 0 Å². The molecule has 1 rings (SSSR count). The Balaban J connectivity index is 2.36. The summed E-state index contributed by atoms with van der Waals surface area (Å²) in [6, 6.07) is 0. The summed E-state index contributed by atoms with van der Waals surface area (Å²) in [5.74, 6) is 0.750. The van der Waals surface area contributed by atoms with Gasteiger partial charge in [-0.3, -0.25) is 0 Å². The average Bonchev–Trinajstić information content (AvgIpc) is 2.14. The minimum atomic E-state index is 0.750. The molecular weight excluding hydrogens is 108 g/mol. The molecule has 1 heteroatoms. The summed E-state index contributed by atoms with van der Waals surface area (Å²) in [6.07, 6.45) is 6.06. The predicted molar refractivity (Wildman–Crippen MR) is 32.7 cm³/mol. The first-order valence-corrected chi connectivity index (χ1v) is 3.21. The van der Waals surface area contributed by atoms with Gasteiger partial charge < -0.3 is 0 Å². The third-order valence-corrected chi connectivity index (χ3v) is 1.65. The quantitative estimate of drug-likeness (QED) is 0.364. The average molecular weight is 117 g/mol. The van der Waals surface area contributed by atoms with E-state index in [-0.39, 0.29) is 0 Å². The molecular formula is C6H9Cl. The molecule has 0 saturated carbocycles. The van der Waals surface area contributed by atoms with Gasteiger partial charge in [0.25, 0.3) is 0 Å². The van der Waals surface area contributed by atoms with Crippen molar-refractivity contribution in [1.82, 2.24) is 0 Å². The molecule has 0 fully saturated rings. The molecule has 40 valence electrons. The number of rotatable bonds is 1. The van der Waals surface area contributed by atoms with Crippen molar-refractivity contribution in [2.75, 3.05) is 5.88 Å². The van der Waals surface area contributed by atoms with Crippen molar-refractivity contribution in [1.29, 1.82) is 0 Å². The lowest BCUT2D eigenvalue weighted by molar-refractivity contribution is 0.907. The van der Waals surface area contributed by atoms with E-state index in [4.69, 9.17) is 11.6 Å². The summed E-state index contributed by atoms with van der Waals surface area (Å²) in [4.78, 5) is 0. The molecule has 0 aromatic carbocycles. The Morgan fingerprint density at radius 1 is 1.71 bits per heavy atom. The summed E-state index contributed by atoms with van der Waals surface area (Å²) in [5, 5.41) is 0. The van der Waals surface area contributed by atoms with Crippen molar-refractivity contribution in [2.24, 2.45) is 0 Å². The first-order valence-electron chi connectivity index (χ1n) is 2.67. The second-order valence-electron chi connectivity index (χ2n) is 1.89. The van der Waals surface area contributed by atoms with Gasteiger partial charge in [0.05, 0.1) is 0 Å². The third kappa shape index (κ3) is 1.20. The number of alkyl halides is 1. The molecule has 0 amide bonds. The topological polar surface area (TPSA) is 0 Å². The van der Waals surface area contributed by atoms with Crippen LogP contribution < -0.4 is 0 Å². The van der Waals surface area contributed by atoms with Gasteiger partial charge in [0, 0.05) is 5.88 Å². The number of allylic oxidation sites excluding steroid dienone is 2. The molecule has 0 aliphatic heterocycles. The van der Waals surface area contributed by atoms with E-state index in [0.29, 0.717) is 0 Å². The third-order valence-electron chi connectivity index (χ3n) is 1.31. The molecule has 0 bridgehead atoms. The standard InChI is InChI=1S/C6H9Cl/c7-5-6-3-1-2-4-6/h3H,1-2,4-5H2. The molecule has 0 radical (unpaired) electrons. The molecule has 0 spiro atoms. The maximum Gasteiger partial charge on any atom is 0.0433 e. The zero-order valence-electron chi connectivity index (χ0n) is 4.28. The fourth-order valence-corrected chi connectivity index (χ4v) is 1.10. The fraction of sp³-hybridized carbons (Fsp3) is 0.667. The van der Waals surface area contributed by atoms with E-state index in [9.17, 15) is 0 Å². The molecule has 0 N–H and O–H groups in total. The van der Waals surface area contributed by atoms with Crippen LogP contribution in [0.25, 0.3) is 0 Å². The van der Waals surface area contributed by atoms with Crippen molar-refractivity contribution in [3.8, 4) is 0 Å². The highest BCUT2D eigenvalue weighted by Gasteiger charge is 2.00. The summed E-state index contributed by atoms with van der Waals surface area (Å²) in [7, 11) is 0. The van der Waals surface area contributed by atoms with Gasteiger partial charge in [0.2, 0.25) is 0 Å². The maximum atomic E-state index is 5.54. The maximum absolute atomic E-state index is 5.54. The van der Waals surface area contributed by atoms with Gasteiger partial charge in [0.1, 0.15) is 0 Å². The van der Waals surface area contributed by atoms with E-state index in [0.717, 1.165) is 5.88 Å². The van der Waals surface area contributed by atoms with Crippen LogP contribution in [0.1, 0.15) is 19.3 Å². The Bertz CT molecular complexity index is 84.2. The van der Waals surface area contributed by atoms with E-state index in [1.807, 2.05) is 0 Å². The van der Waals surface area contributed by atoms with Crippen molar-refractivity contribution >= 4 is 11.6 Å². The molecule has 0 aromatic rings. The van der Waals surface area contributed by atoms with Crippen molar-refractivity contribution in [3.63, 3.8) is 0 Å². The van der Waals surface area contributed by atoms with Crippen molar-refractivity contribution in [3.05, 3.63) is 11.6 Å². The van der Waals surface area contributed by atoms with Crippen LogP contribution in [0.2, 0.25) is 0 Å². The Morgan fingerprint density at radius 2 is 2.57 bits per heavy atom. The molecule has 0 aromatic heterocycles. The minimum absolute atomic E-state index is 0.750. The van der Waals surface area contributed by atoms with Gasteiger partial charge in [-0.2, -0.15) is 0 Å². The van der Waals surface area contributed by atoms with Crippen LogP contribution in [-0.4, -0.2) is 5.88 Å². The Morgan fingerprint density at radius 3 is 2.86 bits per heavy atom. The SMILES string of the molecule is ClCC1=CCCC1. The summed E-state index contributed by atoms with van der Waals surface area (Å²) >= 11 is 5.54. The fourth-order valence-electron chi connectivity index (χ4n) is 0.859. The molecule has 0 saturated heterocycles. The highest BCUT2D eigenvalue weighted by Crippen LogP contribution is 2.17. The van der Waals surface area contributed by atoms with E-state index in [1.165, 1.54) is 24.8 Å². The van der Waals surface area contributed by atoms with Crippen LogP contribution in [0, 0.1) is 0 Å². The second kappa shape index (κ2) is 2.37.